The third kappa shape index (κ3) is 3.81. The van der Waals surface area contributed by atoms with Gasteiger partial charge in [0.2, 0.25) is 5.91 Å². The first-order valence-electron chi connectivity index (χ1n) is 6.13. The van der Waals surface area contributed by atoms with Crippen LogP contribution in [0.2, 0.25) is 10.0 Å². The van der Waals surface area contributed by atoms with E-state index in [0.717, 1.165) is 11.3 Å². The second-order valence-corrected chi connectivity index (χ2v) is 6.38. The van der Waals surface area contributed by atoms with Crippen molar-refractivity contribution in [2.45, 2.75) is 13.0 Å². The Hall–Kier alpha value is -0.910. The zero-order valence-electron chi connectivity index (χ0n) is 10.9. The largest absolute Gasteiger partial charge is 0.348 e. The van der Waals surface area contributed by atoms with Crippen molar-refractivity contribution in [2.75, 3.05) is 18.8 Å². The quantitative estimate of drug-likeness (QED) is 0.919. The molecule has 108 valence electrons. The van der Waals surface area contributed by atoms with Gasteiger partial charge in [0, 0.05) is 22.3 Å². The maximum absolute atomic E-state index is 11.9. The molecular formula is C13H14Cl2N2O2S. The lowest BCUT2D eigenvalue weighted by molar-refractivity contribution is -0.122. The molecule has 7 heteroatoms. The van der Waals surface area contributed by atoms with Crippen molar-refractivity contribution in [3.63, 3.8) is 0 Å². The molecule has 1 aromatic rings. The van der Waals surface area contributed by atoms with E-state index >= 15 is 0 Å². The number of amides is 2. The molecule has 4 nitrogen and oxygen atoms in total. The Kier molecular flexibility index (Phi) is 5.18. The minimum Gasteiger partial charge on any atom is -0.348 e. The van der Waals surface area contributed by atoms with Crippen LogP contribution in [0.1, 0.15) is 18.5 Å². The summed E-state index contributed by atoms with van der Waals surface area (Å²) >= 11 is 13.2. The van der Waals surface area contributed by atoms with Crippen molar-refractivity contribution in [2.24, 2.45) is 0 Å². The smallest absolute Gasteiger partial charge is 0.282 e. The lowest BCUT2D eigenvalue weighted by Crippen LogP contribution is -2.38. The van der Waals surface area contributed by atoms with Crippen LogP contribution < -0.4 is 5.32 Å². The molecule has 0 spiro atoms. The van der Waals surface area contributed by atoms with Crippen molar-refractivity contribution in [1.82, 2.24) is 10.2 Å². The maximum Gasteiger partial charge on any atom is 0.282 e. The predicted octanol–water partition coefficient (Wildman–Crippen LogP) is 3.34. The van der Waals surface area contributed by atoms with Crippen molar-refractivity contribution in [1.29, 1.82) is 0 Å². The number of thioether (sulfide) groups is 1. The van der Waals surface area contributed by atoms with Gasteiger partial charge in [-0.05, 0) is 24.6 Å². The second kappa shape index (κ2) is 6.70. The Labute approximate surface area is 131 Å². The molecule has 0 aliphatic carbocycles. The summed E-state index contributed by atoms with van der Waals surface area (Å²) < 4.78 is 0. The van der Waals surface area contributed by atoms with Crippen LogP contribution in [0.15, 0.2) is 18.2 Å². The standard InChI is InChI=1S/C13H14Cl2N2O2S/c1-8(10-3-2-9(14)6-11(10)15)16-12(18)7-17-4-5-20-13(17)19/h2-3,6,8H,4-5,7H2,1H3,(H,16,18)/t8-/m1/s1. The van der Waals surface area contributed by atoms with Crippen LogP contribution in [-0.4, -0.2) is 34.9 Å². The van der Waals surface area contributed by atoms with Gasteiger partial charge >= 0.3 is 0 Å². The molecule has 0 radical (unpaired) electrons. The fraction of sp³-hybridized carbons (Fsp3) is 0.385. The molecule has 1 N–H and O–H groups in total. The SMILES string of the molecule is C[C@@H](NC(=O)CN1CCSC1=O)c1ccc(Cl)cc1Cl. The van der Waals surface area contributed by atoms with Gasteiger partial charge in [0.1, 0.15) is 6.54 Å². The first kappa shape index (κ1) is 15.5. The fourth-order valence-corrected chi connectivity index (χ4v) is 3.36. The van der Waals surface area contributed by atoms with Crippen LogP contribution >= 0.6 is 35.0 Å². The van der Waals surface area contributed by atoms with Crippen LogP contribution in [0, 0.1) is 0 Å². The molecular weight excluding hydrogens is 319 g/mol. The molecule has 0 aromatic heterocycles. The van der Waals surface area contributed by atoms with Crippen molar-refractivity contribution >= 4 is 46.1 Å². The Morgan fingerprint density at radius 3 is 2.85 bits per heavy atom. The third-order valence-electron chi connectivity index (χ3n) is 2.99. The summed E-state index contributed by atoms with van der Waals surface area (Å²) in [6.07, 6.45) is 0. The van der Waals surface area contributed by atoms with E-state index in [-0.39, 0.29) is 23.7 Å². The van der Waals surface area contributed by atoms with Gasteiger partial charge < -0.3 is 10.2 Å². The highest BCUT2D eigenvalue weighted by molar-refractivity contribution is 8.13. The summed E-state index contributed by atoms with van der Waals surface area (Å²) in [4.78, 5) is 24.9. The number of nitrogens with one attached hydrogen (secondary N) is 1. The van der Waals surface area contributed by atoms with E-state index in [1.54, 1.807) is 18.2 Å². The first-order chi connectivity index (χ1) is 9.47. The van der Waals surface area contributed by atoms with Crippen molar-refractivity contribution in [3.05, 3.63) is 33.8 Å². The van der Waals surface area contributed by atoms with Gasteiger partial charge in [-0.1, -0.05) is 41.0 Å². The van der Waals surface area contributed by atoms with E-state index in [9.17, 15) is 9.59 Å². The monoisotopic (exact) mass is 332 g/mol. The molecule has 2 amide bonds. The number of hydrogen-bond donors (Lipinski definition) is 1. The molecule has 1 heterocycles. The summed E-state index contributed by atoms with van der Waals surface area (Å²) in [5, 5.41) is 3.86. The first-order valence-corrected chi connectivity index (χ1v) is 7.87. The highest BCUT2D eigenvalue weighted by Gasteiger charge is 2.24. The summed E-state index contributed by atoms with van der Waals surface area (Å²) in [6, 6.07) is 4.91. The number of rotatable bonds is 4. The molecule has 2 rings (SSSR count). The zero-order chi connectivity index (χ0) is 14.7. The molecule has 1 saturated heterocycles. The van der Waals surface area contributed by atoms with E-state index in [4.69, 9.17) is 23.2 Å². The van der Waals surface area contributed by atoms with E-state index in [1.807, 2.05) is 6.92 Å². The average molecular weight is 333 g/mol. The molecule has 0 unspecified atom stereocenters. The van der Waals surface area contributed by atoms with Gasteiger partial charge in [0.15, 0.2) is 0 Å². The maximum atomic E-state index is 11.9. The highest BCUT2D eigenvalue weighted by atomic mass is 35.5. The number of nitrogens with zero attached hydrogens (tertiary/aromatic N) is 1. The van der Waals surface area contributed by atoms with Gasteiger partial charge in [-0.15, -0.1) is 0 Å². The highest BCUT2D eigenvalue weighted by Crippen LogP contribution is 2.26. The molecule has 1 aromatic carbocycles. The lowest BCUT2D eigenvalue weighted by Gasteiger charge is -2.19. The molecule has 1 atom stereocenters. The summed E-state index contributed by atoms with van der Waals surface area (Å²) in [5.41, 5.74) is 0.798. The Morgan fingerprint density at radius 2 is 2.25 bits per heavy atom. The topological polar surface area (TPSA) is 49.4 Å². The summed E-state index contributed by atoms with van der Waals surface area (Å²) in [6.45, 7) is 2.54. The average Bonchev–Trinajstić information content (AvgIpc) is 2.74. The lowest BCUT2D eigenvalue weighted by atomic mass is 10.1. The van der Waals surface area contributed by atoms with Gasteiger partial charge in [0.25, 0.3) is 5.24 Å². The normalized spacial score (nSPS) is 16.4. The van der Waals surface area contributed by atoms with Gasteiger partial charge in [0.05, 0.1) is 6.04 Å². The fourth-order valence-electron chi connectivity index (χ4n) is 1.96. The molecule has 20 heavy (non-hydrogen) atoms. The van der Waals surface area contributed by atoms with E-state index in [0.29, 0.717) is 16.6 Å². The predicted molar refractivity (Wildman–Crippen MR) is 82.4 cm³/mol. The minimum absolute atomic E-state index is 0.0441. The third-order valence-corrected chi connectivity index (χ3v) is 4.44. The van der Waals surface area contributed by atoms with Gasteiger partial charge in [-0.2, -0.15) is 0 Å². The number of hydrogen-bond acceptors (Lipinski definition) is 3. The Balaban J connectivity index is 1.95. The Bertz CT molecular complexity index is 539. The van der Waals surface area contributed by atoms with Crippen LogP contribution in [0.3, 0.4) is 0 Å². The molecule has 1 fully saturated rings. The van der Waals surface area contributed by atoms with Gasteiger partial charge in [-0.25, -0.2) is 0 Å². The number of carbonyl (C=O) groups is 2. The van der Waals surface area contributed by atoms with Crippen LogP contribution in [0.5, 0.6) is 0 Å². The van der Waals surface area contributed by atoms with E-state index < -0.39 is 0 Å². The molecule has 1 aliphatic rings. The Morgan fingerprint density at radius 1 is 1.50 bits per heavy atom. The number of benzene rings is 1. The van der Waals surface area contributed by atoms with Crippen LogP contribution in [-0.2, 0) is 4.79 Å². The van der Waals surface area contributed by atoms with E-state index in [2.05, 4.69) is 5.32 Å². The number of halogens is 2. The van der Waals surface area contributed by atoms with Crippen LogP contribution in [0.25, 0.3) is 0 Å². The summed E-state index contributed by atoms with van der Waals surface area (Å²) in [5.74, 6) is 0.546. The second-order valence-electron chi connectivity index (χ2n) is 4.49. The van der Waals surface area contributed by atoms with Crippen molar-refractivity contribution in [3.8, 4) is 0 Å². The zero-order valence-corrected chi connectivity index (χ0v) is 13.2. The van der Waals surface area contributed by atoms with Crippen LogP contribution in [0.4, 0.5) is 4.79 Å². The molecule has 0 bridgehead atoms. The minimum atomic E-state index is -0.238. The van der Waals surface area contributed by atoms with Crippen molar-refractivity contribution < 1.29 is 9.59 Å². The number of carbonyl (C=O) groups excluding carboxylic acids is 2. The van der Waals surface area contributed by atoms with E-state index in [1.165, 1.54) is 16.7 Å². The van der Waals surface area contributed by atoms with Gasteiger partial charge in [-0.3, -0.25) is 9.59 Å². The molecule has 0 saturated carbocycles. The summed E-state index contributed by atoms with van der Waals surface area (Å²) in [7, 11) is 0. The molecule has 1 aliphatic heterocycles.